The van der Waals surface area contributed by atoms with Crippen LogP contribution in [-0.2, 0) is 4.79 Å². The van der Waals surface area contributed by atoms with Gasteiger partial charge in [-0.05, 0) is 19.3 Å². The number of hydrogen-bond acceptors (Lipinski definition) is 5. The minimum atomic E-state index is 0.0210. The van der Waals surface area contributed by atoms with Crippen LogP contribution in [0.15, 0.2) is 6.07 Å². The van der Waals surface area contributed by atoms with Crippen molar-refractivity contribution in [3.8, 4) is 0 Å². The van der Waals surface area contributed by atoms with Crippen molar-refractivity contribution < 1.29 is 4.79 Å². The largest absolute Gasteiger partial charge is 0.384 e. The number of anilines is 2. The Morgan fingerprint density at radius 3 is 2.89 bits per heavy atom. The minimum Gasteiger partial charge on any atom is -0.384 e. The Hall–Kier alpha value is -1.85. The van der Waals surface area contributed by atoms with Crippen molar-refractivity contribution in [2.45, 2.75) is 38.1 Å². The molecule has 1 aromatic heterocycles. The van der Waals surface area contributed by atoms with Crippen molar-refractivity contribution in [2.75, 3.05) is 23.7 Å². The quantitative estimate of drug-likeness (QED) is 0.834. The number of rotatable bonds is 3. The second kappa shape index (κ2) is 4.68. The zero-order chi connectivity index (χ0) is 13.4. The molecule has 1 aliphatic carbocycles. The van der Waals surface area contributed by atoms with E-state index in [1.54, 1.807) is 6.92 Å². The predicted octanol–water partition coefficient (Wildman–Crippen LogP) is 0.651. The lowest BCUT2D eigenvalue weighted by Gasteiger charge is -2.18. The van der Waals surface area contributed by atoms with E-state index in [4.69, 9.17) is 5.73 Å². The first-order chi connectivity index (χ1) is 9.11. The summed E-state index contributed by atoms with van der Waals surface area (Å²) in [5, 5.41) is 2.95. The van der Waals surface area contributed by atoms with E-state index < -0.39 is 0 Å². The van der Waals surface area contributed by atoms with Gasteiger partial charge in [-0.3, -0.25) is 4.79 Å². The lowest BCUT2D eigenvalue weighted by atomic mass is 10.2. The maximum Gasteiger partial charge on any atom is 0.217 e. The number of nitrogens with zero attached hydrogens (tertiary/aromatic N) is 3. The van der Waals surface area contributed by atoms with Gasteiger partial charge in [-0.1, -0.05) is 0 Å². The summed E-state index contributed by atoms with van der Waals surface area (Å²) < 4.78 is 0. The summed E-state index contributed by atoms with van der Waals surface area (Å²) in [6, 6.07) is 2.03. The lowest BCUT2D eigenvalue weighted by molar-refractivity contribution is -0.119. The van der Waals surface area contributed by atoms with Gasteiger partial charge in [0.05, 0.1) is 0 Å². The predicted molar refractivity (Wildman–Crippen MR) is 72.9 cm³/mol. The van der Waals surface area contributed by atoms with Gasteiger partial charge in [0.1, 0.15) is 17.5 Å². The zero-order valence-electron chi connectivity index (χ0n) is 11.1. The van der Waals surface area contributed by atoms with Crippen LogP contribution in [0.5, 0.6) is 0 Å². The van der Waals surface area contributed by atoms with Gasteiger partial charge in [0.15, 0.2) is 0 Å². The van der Waals surface area contributed by atoms with E-state index in [9.17, 15) is 4.79 Å². The average Bonchev–Trinajstić information content (AvgIpc) is 3.09. The van der Waals surface area contributed by atoms with E-state index in [-0.39, 0.29) is 11.9 Å². The lowest BCUT2D eigenvalue weighted by Crippen LogP contribution is -2.35. The molecule has 2 fully saturated rings. The molecule has 3 rings (SSSR count). The number of nitrogens with two attached hydrogens (primary N) is 1. The van der Waals surface area contributed by atoms with Gasteiger partial charge in [-0.25, -0.2) is 9.97 Å². The fraction of sp³-hybridized carbons (Fsp3) is 0.615. The average molecular weight is 261 g/mol. The minimum absolute atomic E-state index is 0.0210. The van der Waals surface area contributed by atoms with Crippen molar-refractivity contribution in [2.24, 2.45) is 0 Å². The number of amides is 1. The van der Waals surface area contributed by atoms with Crippen LogP contribution >= 0.6 is 0 Å². The molecule has 3 N–H and O–H groups in total. The van der Waals surface area contributed by atoms with Crippen molar-refractivity contribution in [1.29, 1.82) is 0 Å². The Morgan fingerprint density at radius 1 is 1.42 bits per heavy atom. The molecule has 6 nitrogen and oxygen atoms in total. The molecule has 1 aromatic rings. The van der Waals surface area contributed by atoms with Crippen LogP contribution in [0.3, 0.4) is 0 Å². The summed E-state index contributed by atoms with van der Waals surface area (Å²) in [5.41, 5.74) is 5.86. The molecule has 1 atom stereocenters. The Balaban J connectivity index is 1.74. The topological polar surface area (TPSA) is 84.1 Å². The fourth-order valence-corrected chi connectivity index (χ4v) is 2.53. The van der Waals surface area contributed by atoms with Crippen LogP contribution < -0.4 is 16.0 Å². The normalized spacial score (nSPS) is 22.6. The second-order valence-corrected chi connectivity index (χ2v) is 5.42. The summed E-state index contributed by atoms with van der Waals surface area (Å²) in [7, 11) is 0. The molecule has 0 bridgehead atoms. The molecule has 2 aliphatic rings. The molecule has 0 radical (unpaired) electrons. The van der Waals surface area contributed by atoms with E-state index in [1.165, 1.54) is 0 Å². The Morgan fingerprint density at radius 2 is 2.21 bits per heavy atom. The van der Waals surface area contributed by atoms with Crippen LogP contribution in [0, 0.1) is 0 Å². The van der Waals surface area contributed by atoms with Crippen molar-refractivity contribution in [3.05, 3.63) is 11.9 Å². The summed E-state index contributed by atoms with van der Waals surface area (Å²) in [4.78, 5) is 22.2. The Bertz CT molecular complexity index is 500. The number of nitrogen functional groups attached to an aromatic ring is 1. The van der Waals surface area contributed by atoms with Crippen molar-refractivity contribution in [1.82, 2.24) is 15.3 Å². The van der Waals surface area contributed by atoms with Gasteiger partial charge in [0, 0.05) is 38.0 Å². The van der Waals surface area contributed by atoms with Gasteiger partial charge >= 0.3 is 0 Å². The van der Waals surface area contributed by atoms with Gasteiger partial charge in [0.25, 0.3) is 0 Å². The van der Waals surface area contributed by atoms with Gasteiger partial charge in [0.2, 0.25) is 5.91 Å². The molecule has 0 spiro atoms. The van der Waals surface area contributed by atoms with Crippen LogP contribution in [0.1, 0.15) is 37.9 Å². The SMILES string of the molecule is CC(=O)NC1CCN(c2cc(N)nc(C3CC3)n2)C1. The van der Waals surface area contributed by atoms with Crippen LogP contribution in [0.2, 0.25) is 0 Å². The number of aromatic nitrogens is 2. The second-order valence-electron chi connectivity index (χ2n) is 5.42. The van der Waals surface area contributed by atoms with Crippen LogP contribution in [0.25, 0.3) is 0 Å². The molecule has 2 heterocycles. The van der Waals surface area contributed by atoms with Gasteiger partial charge < -0.3 is 16.0 Å². The molecule has 1 amide bonds. The smallest absolute Gasteiger partial charge is 0.217 e. The van der Waals surface area contributed by atoms with E-state index >= 15 is 0 Å². The molecule has 19 heavy (non-hydrogen) atoms. The maximum atomic E-state index is 11.1. The third-order valence-corrected chi connectivity index (χ3v) is 3.61. The molecule has 6 heteroatoms. The third kappa shape index (κ3) is 2.77. The summed E-state index contributed by atoms with van der Waals surface area (Å²) in [6.45, 7) is 3.24. The fourth-order valence-electron chi connectivity index (χ4n) is 2.53. The van der Waals surface area contributed by atoms with E-state index in [0.29, 0.717) is 11.7 Å². The molecule has 1 saturated heterocycles. The third-order valence-electron chi connectivity index (χ3n) is 3.61. The van der Waals surface area contributed by atoms with Gasteiger partial charge in [-0.15, -0.1) is 0 Å². The van der Waals surface area contributed by atoms with Crippen LogP contribution in [0.4, 0.5) is 11.6 Å². The highest BCUT2D eigenvalue weighted by atomic mass is 16.1. The van der Waals surface area contributed by atoms with Crippen molar-refractivity contribution in [3.63, 3.8) is 0 Å². The molecule has 1 aliphatic heterocycles. The first-order valence-electron chi connectivity index (χ1n) is 6.78. The van der Waals surface area contributed by atoms with Gasteiger partial charge in [-0.2, -0.15) is 0 Å². The molecule has 0 aromatic carbocycles. The highest BCUT2D eigenvalue weighted by Crippen LogP contribution is 2.39. The van der Waals surface area contributed by atoms with Crippen LogP contribution in [-0.4, -0.2) is 35.0 Å². The standard InChI is InChI=1S/C13H19N5O/c1-8(19)15-10-4-5-18(7-10)12-6-11(14)16-13(17-12)9-2-3-9/h6,9-10H,2-5,7H2,1H3,(H,15,19)(H2,14,16,17). The Labute approximate surface area is 112 Å². The van der Waals surface area contributed by atoms with E-state index in [1.807, 2.05) is 6.07 Å². The molecule has 1 unspecified atom stereocenters. The number of carbonyl (C=O) groups excluding carboxylic acids is 1. The summed E-state index contributed by atoms with van der Waals surface area (Å²) in [5.74, 6) is 2.82. The van der Waals surface area contributed by atoms with Crippen molar-refractivity contribution >= 4 is 17.5 Å². The zero-order valence-corrected chi connectivity index (χ0v) is 11.1. The first-order valence-corrected chi connectivity index (χ1v) is 6.78. The molecule has 102 valence electrons. The summed E-state index contributed by atoms with van der Waals surface area (Å²) >= 11 is 0. The van der Waals surface area contributed by atoms with E-state index in [2.05, 4.69) is 20.2 Å². The maximum absolute atomic E-state index is 11.1. The van der Waals surface area contributed by atoms with E-state index in [0.717, 1.165) is 44.0 Å². The first kappa shape index (κ1) is 12.2. The Kier molecular flexibility index (Phi) is 3.00. The molecular formula is C13H19N5O. The number of nitrogens with one attached hydrogen (secondary N) is 1. The molecular weight excluding hydrogens is 242 g/mol. The highest BCUT2D eigenvalue weighted by molar-refractivity contribution is 5.73. The number of carbonyl (C=O) groups is 1. The summed E-state index contributed by atoms with van der Waals surface area (Å²) in [6.07, 6.45) is 3.27. The monoisotopic (exact) mass is 261 g/mol. The molecule has 1 saturated carbocycles. The highest BCUT2D eigenvalue weighted by Gasteiger charge is 2.29. The number of hydrogen-bond donors (Lipinski definition) is 2.